The molecule has 1 aliphatic carbocycles. The third kappa shape index (κ3) is 4.85. The molecule has 33 heavy (non-hydrogen) atoms. The van der Waals surface area contributed by atoms with E-state index in [1.165, 1.54) is 0 Å². The van der Waals surface area contributed by atoms with Gasteiger partial charge in [0.1, 0.15) is 18.6 Å². The van der Waals surface area contributed by atoms with E-state index in [4.69, 9.17) is 9.47 Å². The zero-order chi connectivity index (χ0) is 23.4. The molecule has 4 rings (SSSR count). The van der Waals surface area contributed by atoms with Crippen LogP contribution in [0.2, 0.25) is 0 Å². The van der Waals surface area contributed by atoms with Crippen molar-refractivity contribution in [3.8, 4) is 11.1 Å². The highest BCUT2D eigenvalue weighted by Gasteiger charge is 2.36. The summed E-state index contributed by atoms with van der Waals surface area (Å²) in [6.45, 7) is 2.24. The molecule has 1 aliphatic heterocycles. The maximum absolute atomic E-state index is 12.8. The van der Waals surface area contributed by atoms with Crippen LogP contribution in [0.5, 0.6) is 0 Å². The second-order valence-electron chi connectivity index (χ2n) is 8.41. The first kappa shape index (κ1) is 22.8. The van der Waals surface area contributed by atoms with Gasteiger partial charge in [0.25, 0.3) is 0 Å². The highest BCUT2D eigenvalue weighted by Crippen LogP contribution is 2.44. The Balaban J connectivity index is 1.38. The van der Waals surface area contributed by atoms with Crippen LogP contribution in [-0.4, -0.2) is 55.0 Å². The van der Waals surface area contributed by atoms with Gasteiger partial charge >= 0.3 is 12.1 Å². The molecule has 2 amide bonds. The Labute approximate surface area is 192 Å². The van der Waals surface area contributed by atoms with E-state index in [2.05, 4.69) is 22.8 Å². The number of carbonyl (C=O) groups is 3. The summed E-state index contributed by atoms with van der Waals surface area (Å²) in [4.78, 5) is 36.7. The fourth-order valence-corrected chi connectivity index (χ4v) is 4.56. The maximum atomic E-state index is 12.8. The Bertz CT molecular complexity index is 994. The number of rotatable bonds is 8. The number of benzene rings is 2. The van der Waals surface area contributed by atoms with Crippen LogP contribution in [0.15, 0.2) is 48.5 Å². The summed E-state index contributed by atoms with van der Waals surface area (Å²) in [5, 5.41) is 14.6. The van der Waals surface area contributed by atoms with Crippen LogP contribution >= 0.6 is 0 Å². The average molecular weight is 453 g/mol. The predicted molar refractivity (Wildman–Crippen MR) is 121 cm³/mol. The average Bonchev–Trinajstić information content (AvgIpc) is 3.40. The molecule has 8 heteroatoms. The molecule has 174 valence electrons. The SMILES string of the molecule is CCC[C@H](NC(=O)OCC1c2ccccc2-c2ccccc21)C(=O)NC1COCC1C(=O)O. The normalized spacial score (nSPS) is 19.9. The van der Waals surface area contributed by atoms with Gasteiger partial charge in [-0.05, 0) is 28.7 Å². The molecule has 2 aliphatic rings. The van der Waals surface area contributed by atoms with Crippen molar-refractivity contribution in [1.29, 1.82) is 0 Å². The van der Waals surface area contributed by atoms with Gasteiger partial charge in [0.05, 0.1) is 19.3 Å². The molecule has 0 saturated carbocycles. The van der Waals surface area contributed by atoms with Crippen molar-refractivity contribution >= 4 is 18.0 Å². The number of fused-ring (bicyclic) bond motifs is 3. The lowest BCUT2D eigenvalue weighted by molar-refractivity contribution is -0.142. The third-order valence-electron chi connectivity index (χ3n) is 6.25. The monoisotopic (exact) mass is 452 g/mol. The summed E-state index contributed by atoms with van der Waals surface area (Å²) < 4.78 is 10.7. The molecule has 2 aromatic carbocycles. The van der Waals surface area contributed by atoms with Crippen molar-refractivity contribution in [2.75, 3.05) is 19.8 Å². The molecule has 3 atom stereocenters. The number of ether oxygens (including phenoxy) is 2. The van der Waals surface area contributed by atoms with E-state index in [-0.39, 0.29) is 25.7 Å². The van der Waals surface area contributed by atoms with E-state index < -0.39 is 36.0 Å². The van der Waals surface area contributed by atoms with Crippen LogP contribution in [-0.2, 0) is 19.1 Å². The lowest BCUT2D eigenvalue weighted by atomic mass is 9.98. The van der Waals surface area contributed by atoms with Crippen LogP contribution in [0, 0.1) is 5.92 Å². The quantitative estimate of drug-likeness (QED) is 0.568. The number of carboxylic acid groups (broad SMARTS) is 1. The minimum atomic E-state index is -1.02. The highest BCUT2D eigenvalue weighted by molar-refractivity contribution is 5.86. The van der Waals surface area contributed by atoms with Crippen LogP contribution in [0.3, 0.4) is 0 Å². The van der Waals surface area contributed by atoms with Crippen LogP contribution in [0.25, 0.3) is 11.1 Å². The molecule has 1 heterocycles. The van der Waals surface area contributed by atoms with E-state index in [0.29, 0.717) is 12.8 Å². The first-order valence-electron chi connectivity index (χ1n) is 11.2. The van der Waals surface area contributed by atoms with Crippen molar-refractivity contribution in [2.45, 2.75) is 37.8 Å². The van der Waals surface area contributed by atoms with Crippen LogP contribution in [0.1, 0.15) is 36.8 Å². The molecule has 0 bridgehead atoms. The van der Waals surface area contributed by atoms with E-state index in [0.717, 1.165) is 22.3 Å². The Morgan fingerprint density at radius 1 is 1.06 bits per heavy atom. The summed E-state index contributed by atoms with van der Waals surface area (Å²) in [5.41, 5.74) is 4.49. The lowest BCUT2D eigenvalue weighted by Crippen LogP contribution is -2.52. The van der Waals surface area contributed by atoms with Gasteiger partial charge < -0.3 is 25.2 Å². The fourth-order valence-electron chi connectivity index (χ4n) is 4.56. The summed E-state index contributed by atoms with van der Waals surface area (Å²) in [6.07, 6.45) is 0.384. The Hall–Kier alpha value is -3.39. The number of hydrogen-bond donors (Lipinski definition) is 3. The van der Waals surface area contributed by atoms with Crippen molar-refractivity contribution < 1.29 is 29.0 Å². The molecule has 1 saturated heterocycles. The molecule has 1 fully saturated rings. The van der Waals surface area contributed by atoms with E-state index in [9.17, 15) is 19.5 Å². The number of amides is 2. The Morgan fingerprint density at radius 3 is 2.30 bits per heavy atom. The Morgan fingerprint density at radius 2 is 1.70 bits per heavy atom. The number of carboxylic acids is 1. The molecular formula is C25H28N2O6. The van der Waals surface area contributed by atoms with Gasteiger partial charge in [-0.15, -0.1) is 0 Å². The fraction of sp³-hybridized carbons (Fsp3) is 0.400. The Kier molecular flexibility index (Phi) is 6.93. The second-order valence-corrected chi connectivity index (χ2v) is 8.41. The molecule has 0 spiro atoms. The smallest absolute Gasteiger partial charge is 0.407 e. The summed E-state index contributed by atoms with van der Waals surface area (Å²) in [6, 6.07) is 14.7. The van der Waals surface area contributed by atoms with Crippen molar-refractivity contribution in [3.05, 3.63) is 59.7 Å². The number of hydrogen-bond acceptors (Lipinski definition) is 5. The molecule has 3 N–H and O–H groups in total. The predicted octanol–water partition coefficient (Wildman–Crippen LogP) is 2.91. The topological polar surface area (TPSA) is 114 Å². The summed E-state index contributed by atoms with van der Waals surface area (Å²) >= 11 is 0. The highest BCUT2D eigenvalue weighted by atomic mass is 16.5. The van der Waals surface area contributed by atoms with Crippen LogP contribution in [0.4, 0.5) is 4.79 Å². The van der Waals surface area contributed by atoms with Gasteiger partial charge in [-0.3, -0.25) is 9.59 Å². The zero-order valence-corrected chi connectivity index (χ0v) is 18.5. The second kappa shape index (κ2) is 10.0. The standard InChI is InChI=1S/C25H28N2O6/c1-2-7-21(23(28)26-22-14-32-12-20(22)24(29)30)27-25(31)33-13-19-17-10-5-3-8-15(17)16-9-4-6-11-18(16)19/h3-6,8-11,19-22H,2,7,12-14H2,1H3,(H,26,28)(H,27,31)(H,29,30)/t20?,21-,22?/m0/s1. The molecular weight excluding hydrogens is 424 g/mol. The van der Waals surface area contributed by atoms with Crippen LogP contribution < -0.4 is 10.6 Å². The largest absolute Gasteiger partial charge is 0.481 e. The first-order chi connectivity index (χ1) is 16.0. The lowest BCUT2D eigenvalue weighted by Gasteiger charge is -2.22. The maximum Gasteiger partial charge on any atom is 0.407 e. The number of alkyl carbamates (subject to hydrolysis) is 1. The molecule has 0 aromatic heterocycles. The van der Waals surface area contributed by atoms with Crippen molar-refractivity contribution in [1.82, 2.24) is 10.6 Å². The molecule has 2 aromatic rings. The van der Waals surface area contributed by atoms with E-state index in [1.54, 1.807) is 0 Å². The minimum absolute atomic E-state index is 0.0541. The third-order valence-corrected chi connectivity index (χ3v) is 6.25. The summed E-state index contributed by atoms with van der Waals surface area (Å²) in [7, 11) is 0. The van der Waals surface area contributed by atoms with Gasteiger partial charge in [-0.1, -0.05) is 61.9 Å². The van der Waals surface area contributed by atoms with E-state index >= 15 is 0 Å². The van der Waals surface area contributed by atoms with E-state index in [1.807, 2.05) is 43.3 Å². The number of aliphatic carboxylic acids is 1. The van der Waals surface area contributed by atoms with Gasteiger partial charge in [0.15, 0.2) is 0 Å². The minimum Gasteiger partial charge on any atom is -0.481 e. The van der Waals surface area contributed by atoms with Crippen molar-refractivity contribution in [3.63, 3.8) is 0 Å². The zero-order valence-electron chi connectivity index (χ0n) is 18.5. The molecule has 0 radical (unpaired) electrons. The van der Waals surface area contributed by atoms with Crippen molar-refractivity contribution in [2.24, 2.45) is 5.92 Å². The molecule has 2 unspecified atom stereocenters. The molecule has 8 nitrogen and oxygen atoms in total. The van der Waals surface area contributed by atoms with Gasteiger partial charge in [-0.25, -0.2) is 4.79 Å². The number of nitrogens with one attached hydrogen (secondary N) is 2. The first-order valence-corrected chi connectivity index (χ1v) is 11.2. The van der Waals surface area contributed by atoms with Gasteiger partial charge in [0.2, 0.25) is 5.91 Å². The van der Waals surface area contributed by atoms with Gasteiger partial charge in [0, 0.05) is 5.92 Å². The number of carbonyl (C=O) groups excluding carboxylic acids is 2. The summed E-state index contributed by atoms with van der Waals surface area (Å²) in [5.74, 6) is -2.33. The van der Waals surface area contributed by atoms with Gasteiger partial charge in [-0.2, -0.15) is 0 Å².